The lowest BCUT2D eigenvalue weighted by atomic mass is 10.4. The van der Waals surface area contributed by atoms with Crippen LogP contribution >= 0.6 is 35.0 Å². The van der Waals surface area contributed by atoms with Crippen LogP contribution in [0.2, 0.25) is 10.0 Å². The highest BCUT2D eigenvalue weighted by atomic mass is 35.5. The van der Waals surface area contributed by atoms with Crippen LogP contribution in [0.4, 0.5) is 5.95 Å². The van der Waals surface area contributed by atoms with Gasteiger partial charge in [0.05, 0.1) is 10.0 Å². The van der Waals surface area contributed by atoms with Crippen molar-refractivity contribution < 1.29 is 0 Å². The van der Waals surface area contributed by atoms with Gasteiger partial charge >= 0.3 is 0 Å². The molecule has 0 bridgehead atoms. The molecule has 2 rings (SSSR count). The Kier molecular flexibility index (Phi) is 3.76. The van der Waals surface area contributed by atoms with Crippen molar-refractivity contribution in [3.8, 4) is 0 Å². The van der Waals surface area contributed by atoms with Gasteiger partial charge in [-0.2, -0.15) is 0 Å². The number of nitrogen functional groups attached to an aromatic ring is 1. The number of halogens is 2. The molecule has 0 radical (unpaired) electrons. The zero-order valence-corrected chi connectivity index (χ0v) is 11.3. The van der Waals surface area contributed by atoms with E-state index < -0.39 is 0 Å². The van der Waals surface area contributed by atoms with E-state index in [1.165, 1.54) is 11.8 Å². The quantitative estimate of drug-likeness (QED) is 0.852. The first kappa shape index (κ1) is 12.5. The average Bonchev–Trinajstić information content (AvgIpc) is 2.22. The van der Waals surface area contributed by atoms with Crippen molar-refractivity contribution in [2.75, 3.05) is 5.73 Å². The average molecular weight is 286 g/mol. The van der Waals surface area contributed by atoms with E-state index in [0.717, 1.165) is 15.6 Å². The van der Waals surface area contributed by atoms with Gasteiger partial charge in [-0.15, -0.1) is 0 Å². The van der Waals surface area contributed by atoms with Crippen molar-refractivity contribution in [3.05, 3.63) is 40.0 Å². The number of aromatic nitrogens is 2. The van der Waals surface area contributed by atoms with Crippen LogP contribution in [0.25, 0.3) is 0 Å². The second kappa shape index (κ2) is 5.12. The molecular formula is C11H9Cl2N3S. The molecule has 2 N–H and O–H groups in total. The summed E-state index contributed by atoms with van der Waals surface area (Å²) < 4.78 is 0. The maximum absolute atomic E-state index is 5.94. The number of aryl methyl sites for hydroxylation is 1. The summed E-state index contributed by atoms with van der Waals surface area (Å²) >= 11 is 13.3. The van der Waals surface area contributed by atoms with Gasteiger partial charge in [0.15, 0.2) is 0 Å². The molecule has 0 aliphatic rings. The van der Waals surface area contributed by atoms with Crippen LogP contribution in [-0.2, 0) is 0 Å². The third-order valence-corrected chi connectivity index (χ3v) is 3.61. The van der Waals surface area contributed by atoms with Crippen molar-refractivity contribution in [2.24, 2.45) is 0 Å². The van der Waals surface area contributed by atoms with Crippen LogP contribution in [-0.4, -0.2) is 9.97 Å². The largest absolute Gasteiger partial charge is 0.368 e. The van der Waals surface area contributed by atoms with Gasteiger partial charge < -0.3 is 5.73 Å². The van der Waals surface area contributed by atoms with Crippen LogP contribution in [0.15, 0.2) is 34.2 Å². The minimum Gasteiger partial charge on any atom is -0.368 e. The Bertz CT molecular complexity index is 540. The Morgan fingerprint density at radius 1 is 1.12 bits per heavy atom. The molecule has 0 saturated carbocycles. The van der Waals surface area contributed by atoms with Crippen LogP contribution in [0.3, 0.4) is 0 Å². The van der Waals surface area contributed by atoms with E-state index in [1.54, 1.807) is 12.1 Å². The molecule has 0 aliphatic carbocycles. The zero-order chi connectivity index (χ0) is 12.4. The lowest BCUT2D eigenvalue weighted by molar-refractivity contribution is 1.02. The molecule has 17 heavy (non-hydrogen) atoms. The van der Waals surface area contributed by atoms with Gasteiger partial charge in [0.25, 0.3) is 0 Å². The van der Waals surface area contributed by atoms with Crippen molar-refractivity contribution in [1.29, 1.82) is 0 Å². The highest BCUT2D eigenvalue weighted by Gasteiger charge is 2.04. The van der Waals surface area contributed by atoms with E-state index in [0.29, 0.717) is 10.0 Å². The first-order chi connectivity index (χ1) is 8.04. The molecule has 0 amide bonds. The van der Waals surface area contributed by atoms with E-state index >= 15 is 0 Å². The van der Waals surface area contributed by atoms with E-state index in [1.807, 2.05) is 19.1 Å². The third kappa shape index (κ3) is 3.25. The predicted octanol–water partition coefficient (Wildman–Crippen LogP) is 3.83. The molecule has 0 spiro atoms. The molecule has 1 aromatic heterocycles. The van der Waals surface area contributed by atoms with E-state index in [-0.39, 0.29) is 5.95 Å². The second-order valence-electron chi connectivity index (χ2n) is 3.38. The fourth-order valence-electron chi connectivity index (χ4n) is 1.28. The molecule has 2 aromatic rings. The molecule has 88 valence electrons. The number of hydrogen-bond acceptors (Lipinski definition) is 4. The molecule has 6 heteroatoms. The van der Waals surface area contributed by atoms with Gasteiger partial charge in [0, 0.05) is 10.6 Å². The molecule has 0 fully saturated rings. The summed E-state index contributed by atoms with van der Waals surface area (Å²) in [5.74, 6) is 0.271. The summed E-state index contributed by atoms with van der Waals surface area (Å²) in [6, 6.07) is 7.29. The summed E-state index contributed by atoms with van der Waals surface area (Å²) in [5.41, 5.74) is 6.42. The predicted molar refractivity (Wildman–Crippen MR) is 71.8 cm³/mol. The second-order valence-corrected chi connectivity index (χ2v) is 5.29. The molecule has 1 heterocycles. The fourth-order valence-corrected chi connectivity index (χ4v) is 2.56. The highest BCUT2D eigenvalue weighted by Crippen LogP contribution is 2.31. The third-order valence-electron chi connectivity index (χ3n) is 1.96. The van der Waals surface area contributed by atoms with Crippen molar-refractivity contribution in [3.63, 3.8) is 0 Å². The standard InChI is InChI=1S/C11H9Cl2N3S/c1-6-4-10(16-11(14)15-6)17-7-2-3-8(12)9(13)5-7/h2-5H,1H3,(H2,14,15,16). The highest BCUT2D eigenvalue weighted by molar-refractivity contribution is 7.99. The van der Waals surface area contributed by atoms with Gasteiger partial charge in [0.1, 0.15) is 5.03 Å². The van der Waals surface area contributed by atoms with Crippen LogP contribution in [0.1, 0.15) is 5.69 Å². The maximum Gasteiger partial charge on any atom is 0.221 e. The Morgan fingerprint density at radius 2 is 1.88 bits per heavy atom. The topological polar surface area (TPSA) is 51.8 Å². The molecule has 0 saturated heterocycles. The zero-order valence-electron chi connectivity index (χ0n) is 8.95. The molecule has 0 unspecified atom stereocenters. The van der Waals surface area contributed by atoms with E-state index in [4.69, 9.17) is 28.9 Å². The summed E-state index contributed by atoms with van der Waals surface area (Å²) in [4.78, 5) is 9.10. The van der Waals surface area contributed by atoms with Crippen LogP contribution in [0.5, 0.6) is 0 Å². The monoisotopic (exact) mass is 285 g/mol. The summed E-state index contributed by atoms with van der Waals surface area (Å²) in [5, 5.41) is 1.85. The van der Waals surface area contributed by atoms with E-state index in [9.17, 15) is 0 Å². The van der Waals surface area contributed by atoms with Gasteiger partial charge in [-0.25, -0.2) is 9.97 Å². The van der Waals surface area contributed by atoms with Gasteiger partial charge in [0.2, 0.25) is 5.95 Å². The molecule has 0 atom stereocenters. The van der Waals surface area contributed by atoms with Gasteiger partial charge in [-0.1, -0.05) is 35.0 Å². The minimum atomic E-state index is 0.271. The number of rotatable bonds is 2. The Balaban J connectivity index is 2.28. The number of nitrogens with zero attached hydrogens (tertiary/aromatic N) is 2. The molecular weight excluding hydrogens is 277 g/mol. The minimum absolute atomic E-state index is 0.271. The van der Waals surface area contributed by atoms with Crippen LogP contribution < -0.4 is 5.73 Å². The van der Waals surface area contributed by atoms with Crippen molar-refractivity contribution in [2.45, 2.75) is 16.8 Å². The lowest BCUT2D eigenvalue weighted by Crippen LogP contribution is -1.97. The lowest BCUT2D eigenvalue weighted by Gasteiger charge is -2.04. The van der Waals surface area contributed by atoms with E-state index in [2.05, 4.69) is 9.97 Å². The fraction of sp³-hybridized carbons (Fsp3) is 0.0909. The van der Waals surface area contributed by atoms with Gasteiger partial charge in [-0.3, -0.25) is 0 Å². The van der Waals surface area contributed by atoms with Crippen molar-refractivity contribution in [1.82, 2.24) is 9.97 Å². The summed E-state index contributed by atoms with van der Waals surface area (Å²) in [7, 11) is 0. The Morgan fingerprint density at radius 3 is 2.53 bits per heavy atom. The maximum atomic E-state index is 5.94. The first-order valence-electron chi connectivity index (χ1n) is 4.78. The number of benzene rings is 1. The molecule has 1 aromatic carbocycles. The number of nitrogens with two attached hydrogens (primary N) is 1. The van der Waals surface area contributed by atoms with Crippen LogP contribution in [0, 0.1) is 6.92 Å². The Labute approximate surface area is 113 Å². The Hall–Kier alpha value is -0.970. The SMILES string of the molecule is Cc1cc(Sc2ccc(Cl)c(Cl)c2)nc(N)n1. The molecule has 3 nitrogen and oxygen atoms in total. The molecule has 0 aliphatic heterocycles. The number of anilines is 1. The summed E-state index contributed by atoms with van der Waals surface area (Å²) in [6.07, 6.45) is 0. The summed E-state index contributed by atoms with van der Waals surface area (Å²) in [6.45, 7) is 1.87. The normalized spacial score (nSPS) is 10.5. The number of hydrogen-bond donors (Lipinski definition) is 1. The van der Waals surface area contributed by atoms with Crippen molar-refractivity contribution >= 4 is 40.9 Å². The van der Waals surface area contributed by atoms with Gasteiger partial charge in [-0.05, 0) is 31.2 Å². The smallest absolute Gasteiger partial charge is 0.221 e. The first-order valence-corrected chi connectivity index (χ1v) is 6.36.